The summed E-state index contributed by atoms with van der Waals surface area (Å²) in [6.07, 6.45) is 0.955. The van der Waals surface area contributed by atoms with Crippen LogP contribution in [0.2, 0.25) is 10.0 Å². The average molecular weight is 231 g/mol. The standard InChI is InChI=1S/C12H16Cl2/c1-8(2)9(3)7-10-11(13)5-4-6-12(10)14/h4-6,8-9H,7H2,1-3H3. The van der Waals surface area contributed by atoms with E-state index in [-0.39, 0.29) is 0 Å². The van der Waals surface area contributed by atoms with E-state index >= 15 is 0 Å². The maximum atomic E-state index is 6.09. The lowest BCUT2D eigenvalue weighted by molar-refractivity contribution is 0.417. The molecule has 2 heteroatoms. The van der Waals surface area contributed by atoms with Crippen LogP contribution in [-0.2, 0) is 6.42 Å². The lowest BCUT2D eigenvalue weighted by Gasteiger charge is -2.17. The molecular formula is C12H16Cl2. The fraction of sp³-hybridized carbons (Fsp3) is 0.500. The van der Waals surface area contributed by atoms with E-state index in [0.717, 1.165) is 22.0 Å². The van der Waals surface area contributed by atoms with Gasteiger partial charge in [-0.3, -0.25) is 0 Å². The van der Waals surface area contributed by atoms with E-state index in [1.54, 1.807) is 0 Å². The van der Waals surface area contributed by atoms with E-state index < -0.39 is 0 Å². The van der Waals surface area contributed by atoms with Crippen LogP contribution in [0.3, 0.4) is 0 Å². The number of rotatable bonds is 3. The summed E-state index contributed by atoms with van der Waals surface area (Å²) in [4.78, 5) is 0. The molecule has 0 nitrogen and oxygen atoms in total. The monoisotopic (exact) mass is 230 g/mol. The Labute approximate surface area is 96.2 Å². The zero-order chi connectivity index (χ0) is 10.7. The molecule has 1 aromatic carbocycles. The van der Waals surface area contributed by atoms with Crippen molar-refractivity contribution in [1.82, 2.24) is 0 Å². The molecule has 0 saturated heterocycles. The Morgan fingerprint density at radius 1 is 1.07 bits per heavy atom. The van der Waals surface area contributed by atoms with Crippen molar-refractivity contribution >= 4 is 23.2 Å². The highest BCUT2D eigenvalue weighted by molar-refractivity contribution is 6.35. The van der Waals surface area contributed by atoms with Gasteiger partial charge in [-0.15, -0.1) is 0 Å². The van der Waals surface area contributed by atoms with E-state index in [4.69, 9.17) is 23.2 Å². The summed E-state index contributed by atoms with van der Waals surface area (Å²) in [5.74, 6) is 1.26. The van der Waals surface area contributed by atoms with Gasteiger partial charge in [0.15, 0.2) is 0 Å². The van der Waals surface area contributed by atoms with Gasteiger partial charge in [0.25, 0.3) is 0 Å². The maximum absolute atomic E-state index is 6.09. The highest BCUT2D eigenvalue weighted by atomic mass is 35.5. The fourth-order valence-electron chi connectivity index (χ4n) is 1.29. The Bertz CT molecular complexity index is 285. The first-order chi connectivity index (χ1) is 6.52. The predicted octanol–water partition coefficient (Wildman–Crippen LogP) is 4.83. The smallest absolute Gasteiger partial charge is 0.0452 e. The molecule has 0 aromatic heterocycles. The third-order valence-corrected chi connectivity index (χ3v) is 3.43. The summed E-state index contributed by atoms with van der Waals surface area (Å²) in [6.45, 7) is 6.66. The second kappa shape index (κ2) is 5.04. The van der Waals surface area contributed by atoms with Crippen LogP contribution in [0.15, 0.2) is 18.2 Å². The van der Waals surface area contributed by atoms with Gasteiger partial charge in [0, 0.05) is 10.0 Å². The van der Waals surface area contributed by atoms with Crippen molar-refractivity contribution in [3.63, 3.8) is 0 Å². The van der Waals surface area contributed by atoms with E-state index in [2.05, 4.69) is 20.8 Å². The molecule has 0 fully saturated rings. The van der Waals surface area contributed by atoms with Crippen LogP contribution in [0.1, 0.15) is 26.3 Å². The minimum absolute atomic E-state index is 0.604. The third-order valence-electron chi connectivity index (χ3n) is 2.73. The number of halogens is 2. The molecule has 0 N–H and O–H groups in total. The van der Waals surface area contributed by atoms with Crippen LogP contribution in [-0.4, -0.2) is 0 Å². The summed E-state index contributed by atoms with van der Waals surface area (Å²) in [7, 11) is 0. The van der Waals surface area contributed by atoms with Crippen molar-refractivity contribution in [2.45, 2.75) is 27.2 Å². The molecule has 0 amide bonds. The first kappa shape index (κ1) is 11.9. The molecule has 0 bridgehead atoms. The second-order valence-corrected chi connectivity index (χ2v) is 4.94. The Balaban J connectivity index is 2.85. The van der Waals surface area contributed by atoms with Crippen molar-refractivity contribution in [3.8, 4) is 0 Å². The van der Waals surface area contributed by atoms with E-state index in [0.29, 0.717) is 11.8 Å². The zero-order valence-electron chi connectivity index (χ0n) is 8.85. The normalized spacial score (nSPS) is 13.3. The second-order valence-electron chi connectivity index (χ2n) is 4.13. The summed E-state index contributed by atoms with van der Waals surface area (Å²) in [5.41, 5.74) is 1.08. The van der Waals surface area contributed by atoms with Gasteiger partial charge < -0.3 is 0 Å². The Morgan fingerprint density at radius 2 is 1.57 bits per heavy atom. The molecule has 0 aliphatic carbocycles. The van der Waals surface area contributed by atoms with Crippen molar-refractivity contribution < 1.29 is 0 Å². The van der Waals surface area contributed by atoms with Crippen molar-refractivity contribution in [2.24, 2.45) is 11.8 Å². The molecule has 1 atom stereocenters. The first-order valence-corrected chi connectivity index (χ1v) is 5.71. The predicted molar refractivity (Wildman–Crippen MR) is 64.2 cm³/mol. The number of hydrogen-bond acceptors (Lipinski definition) is 0. The summed E-state index contributed by atoms with van der Waals surface area (Å²) >= 11 is 12.2. The topological polar surface area (TPSA) is 0 Å². The highest BCUT2D eigenvalue weighted by Gasteiger charge is 2.12. The minimum Gasteiger partial charge on any atom is -0.0840 e. The zero-order valence-corrected chi connectivity index (χ0v) is 10.4. The largest absolute Gasteiger partial charge is 0.0840 e. The molecule has 0 saturated carbocycles. The first-order valence-electron chi connectivity index (χ1n) is 4.95. The molecule has 0 radical (unpaired) electrons. The van der Waals surface area contributed by atoms with Gasteiger partial charge in [-0.25, -0.2) is 0 Å². The van der Waals surface area contributed by atoms with Crippen molar-refractivity contribution in [1.29, 1.82) is 0 Å². The molecule has 0 aliphatic heterocycles. The summed E-state index contributed by atoms with van der Waals surface area (Å²) < 4.78 is 0. The maximum Gasteiger partial charge on any atom is 0.0452 e. The van der Waals surface area contributed by atoms with Gasteiger partial charge in [-0.05, 0) is 36.0 Å². The van der Waals surface area contributed by atoms with E-state index in [9.17, 15) is 0 Å². The number of benzene rings is 1. The molecule has 0 aliphatic rings. The van der Waals surface area contributed by atoms with Gasteiger partial charge in [-0.1, -0.05) is 50.0 Å². The summed E-state index contributed by atoms with van der Waals surface area (Å²) in [5, 5.41) is 1.56. The lowest BCUT2D eigenvalue weighted by Crippen LogP contribution is -2.08. The Kier molecular flexibility index (Phi) is 4.28. The van der Waals surface area contributed by atoms with Crippen LogP contribution in [0.5, 0.6) is 0 Å². The summed E-state index contributed by atoms with van der Waals surface area (Å²) in [6, 6.07) is 5.68. The minimum atomic E-state index is 0.604. The van der Waals surface area contributed by atoms with Gasteiger partial charge in [0.2, 0.25) is 0 Å². The van der Waals surface area contributed by atoms with E-state index in [1.807, 2.05) is 18.2 Å². The van der Waals surface area contributed by atoms with E-state index in [1.165, 1.54) is 0 Å². The SMILES string of the molecule is CC(C)C(C)Cc1c(Cl)cccc1Cl. The Morgan fingerprint density at radius 3 is 2.00 bits per heavy atom. The molecule has 14 heavy (non-hydrogen) atoms. The molecule has 78 valence electrons. The van der Waals surface area contributed by atoms with Crippen molar-refractivity contribution in [2.75, 3.05) is 0 Å². The van der Waals surface area contributed by atoms with Gasteiger partial charge in [0.1, 0.15) is 0 Å². The van der Waals surface area contributed by atoms with Crippen molar-refractivity contribution in [3.05, 3.63) is 33.8 Å². The molecule has 1 unspecified atom stereocenters. The van der Waals surface area contributed by atoms with Gasteiger partial charge in [-0.2, -0.15) is 0 Å². The fourth-order valence-corrected chi connectivity index (χ4v) is 1.84. The quantitative estimate of drug-likeness (QED) is 0.699. The van der Waals surface area contributed by atoms with Crippen LogP contribution < -0.4 is 0 Å². The molecular weight excluding hydrogens is 215 g/mol. The van der Waals surface area contributed by atoms with Crippen LogP contribution in [0, 0.1) is 11.8 Å². The van der Waals surface area contributed by atoms with Gasteiger partial charge in [0.05, 0.1) is 0 Å². The van der Waals surface area contributed by atoms with Crippen LogP contribution >= 0.6 is 23.2 Å². The Hall–Kier alpha value is -0.200. The van der Waals surface area contributed by atoms with Gasteiger partial charge >= 0.3 is 0 Å². The molecule has 0 heterocycles. The average Bonchev–Trinajstić information content (AvgIpc) is 2.11. The molecule has 1 rings (SSSR count). The molecule has 1 aromatic rings. The third kappa shape index (κ3) is 2.90. The lowest BCUT2D eigenvalue weighted by atomic mass is 9.91. The highest BCUT2D eigenvalue weighted by Crippen LogP contribution is 2.28. The molecule has 0 spiro atoms. The number of hydrogen-bond donors (Lipinski definition) is 0. The van der Waals surface area contributed by atoms with Crippen LogP contribution in [0.25, 0.3) is 0 Å². The van der Waals surface area contributed by atoms with Crippen LogP contribution in [0.4, 0.5) is 0 Å².